The number of hydrogen-bond donors (Lipinski definition) is 3. The first-order valence-electron chi connectivity index (χ1n) is 8.58. The molecule has 0 atom stereocenters. The van der Waals surface area contributed by atoms with Crippen molar-refractivity contribution in [3.63, 3.8) is 0 Å². The average molecular weight is 459 g/mol. The third-order valence-corrected chi connectivity index (χ3v) is 6.22. The summed E-state index contributed by atoms with van der Waals surface area (Å²) in [5.74, 6) is -0.630. The number of ketones is 1. The van der Waals surface area contributed by atoms with Crippen molar-refractivity contribution in [2.45, 2.75) is 4.90 Å². The minimum absolute atomic E-state index is 0.0192. The van der Waals surface area contributed by atoms with Crippen LogP contribution in [0.3, 0.4) is 0 Å². The van der Waals surface area contributed by atoms with Gasteiger partial charge in [0.05, 0.1) is 10.6 Å². The van der Waals surface area contributed by atoms with Crippen molar-refractivity contribution in [1.29, 1.82) is 0 Å². The van der Waals surface area contributed by atoms with E-state index in [9.17, 15) is 26.2 Å². The molecule has 0 spiro atoms. The molecule has 1 aromatic heterocycles. The van der Waals surface area contributed by atoms with Crippen LogP contribution in [0.2, 0.25) is 0 Å². The second kappa shape index (κ2) is 7.35. The number of pyridine rings is 1. The van der Waals surface area contributed by atoms with E-state index in [2.05, 4.69) is 15.5 Å². The number of allylic oxidation sites excluding steroid dienone is 1. The van der Waals surface area contributed by atoms with Crippen molar-refractivity contribution in [3.8, 4) is 0 Å². The third kappa shape index (κ3) is 4.09. The predicted octanol–water partition coefficient (Wildman–Crippen LogP) is 2.37. The molecule has 0 unspecified atom stereocenters. The summed E-state index contributed by atoms with van der Waals surface area (Å²) in [6, 6.07) is 11.6. The standard InChI is InChI=1S/C19H13N3O7S2/c23-19-16(10-17(31(27,28)29)15-2-1-7-20-18(15)19)22-21-13-5-3-12-9-14(30(24,25)26)6-4-11(12)8-13/h1-10,21H,(H,24,25,26)(H,27,28,29)/b22-16+. The highest BCUT2D eigenvalue weighted by Crippen LogP contribution is 2.28. The highest BCUT2D eigenvalue weighted by molar-refractivity contribution is 7.95. The number of hydrogen-bond acceptors (Lipinski definition) is 8. The Labute approximate surface area is 176 Å². The van der Waals surface area contributed by atoms with E-state index >= 15 is 0 Å². The van der Waals surface area contributed by atoms with Crippen molar-refractivity contribution < 1.29 is 30.7 Å². The molecular weight excluding hydrogens is 446 g/mol. The number of aromatic nitrogens is 1. The summed E-state index contributed by atoms with van der Waals surface area (Å²) in [6.07, 6.45) is 2.27. The van der Waals surface area contributed by atoms with Crippen LogP contribution in [0.15, 0.2) is 70.8 Å². The molecule has 3 N–H and O–H groups in total. The number of Topliss-reactive ketones (excluding diaryl/α,β-unsaturated/α-hetero) is 1. The van der Waals surface area contributed by atoms with Gasteiger partial charge in [0.25, 0.3) is 20.2 Å². The maximum atomic E-state index is 12.6. The number of carbonyl (C=O) groups excluding carboxylic acids is 1. The van der Waals surface area contributed by atoms with Gasteiger partial charge in [0.1, 0.15) is 16.3 Å². The Morgan fingerprint density at radius 2 is 1.61 bits per heavy atom. The minimum Gasteiger partial charge on any atom is -0.285 e. The van der Waals surface area contributed by atoms with E-state index in [0.717, 1.165) is 6.08 Å². The molecule has 0 fully saturated rings. The van der Waals surface area contributed by atoms with Gasteiger partial charge >= 0.3 is 0 Å². The molecule has 0 bridgehead atoms. The average Bonchev–Trinajstić information content (AvgIpc) is 2.71. The summed E-state index contributed by atoms with van der Waals surface area (Å²) < 4.78 is 64.6. The van der Waals surface area contributed by atoms with Crippen LogP contribution < -0.4 is 5.43 Å². The molecule has 0 aliphatic heterocycles. The number of benzene rings is 2. The second-order valence-electron chi connectivity index (χ2n) is 6.52. The molecule has 0 amide bonds. The van der Waals surface area contributed by atoms with Crippen LogP contribution in [-0.4, -0.2) is 42.4 Å². The lowest BCUT2D eigenvalue weighted by Crippen LogP contribution is -2.23. The van der Waals surface area contributed by atoms with E-state index in [-0.39, 0.29) is 21.9 Å². The van der Waals surface area contributed by atoms with Gasteiger partial charge in [0.2, 0.25) is 5.78 Å². The van der Waals surface area contributed by atoms with Crippen LogP contribution in [0.1, 0.15) is 16.1 Å². The van der Waals surface area contributed by atoms with Crippen LogP contribution in [0.25, 0.3) is 15.7 Å². The molecule has 3 aromatic rings. The van der Waals surface area contributed by atoms with Crippen LogP contribution in [-0.2, 0) is 20.2 Å². The summed E-state index contributed by atoms with van der Waals surface area (Å²) in [5, 5.41) is 5.11. The largest absolute Gasteiger partial charge is 0.295 e. The topological polar surface area (TPSA) is 163 Å². The van der Waals surface area contributed by atoms with Crippen LogP contribution in [0.4, 0.5) is 5.69 Å². The summed E-state index contributed by atoms with van der Waals surface area (Å²) in [7, 11) is -8.97. The number of fused-ring (bicyclic) bond motifs is 2. The Hall–Kier alpha value is -3.45. The number of carbonyl (C=O) groups is 1. The fourth-order valence-electron chi connectivity index (χ4n) is 3.05. The molecular formula is C19H13N3O7S2. The molecule has 1 heterocycles. The Morgan fingerprint density at radius 3 is 2.32 bits per heavy atom. The molecule has 0 saturated heterocycles. The maximum Gasteiger partial charge on any atom is 0.295 e. The second-order valence-corrected chi connectivity index (χ2v) is 9.33. The van der Waals surface area contributed by atoms with Crippen LogP contribution in [0, 0.1) is 0 Å². The van der Waals surface area contributed by atoms with Gasteiger partial charge in [0, 0.05) is 11.8 Å². The lowest BCUT2D eigenvalue weighted by atomic mass is 10.00. The first kappa shape index (κ1) is 20.8. The zero-order chi connectivity index (χ0) is 22.4. The number of rotatable bonds is 4. The molecule has 1 aliphatic carbocycles. The third-order valence-electron chi connectivity index (χ3n) is 4.48. The van der Waals surface area contributed by atoms with Crippen molar-refractivity contribution >= 4 is 53.1 Å². The lowest BCUT2D eigenvalue weighted by Gasteiger charge is -2.15. The SMILES string of the molecule is O=C1/C(=N/Nc2ccc3cc(S(=O)(=O)O)ccc3c2)C=C(S(=O)(=O)O)c2cccnc21. The van der Waals surface area contributed by atoms with Gasteiger partial charge in [-0.3, -0.25) is 24.3 Å². The fourth-order valence-corrected chi connectivity index (χ4v) is 4.27. The molecule has 1 aliphatic rings. The Kier molecular flexibility index (Phi) is 4.94. The van der Waals surface area contributed by atoms with E-state index in [1.165, 1.54) is 36.5 Å². The van der Waals surface area contributed by atoms with Gasteiger partial charge < -0.3 is 0 Å². The number of nitrogens with one attached hydrogen (secondary N) is 1. The van der Waals surface area contributed by atoms with Gasteiger partial charge in [-0.1, -0.05) is 12.1 Å². The molecule has 12 heteroatoms. The van der Waals surface area contributed by atoms with E-state index in [0.29, 0.717) is 16.5 Å². The lowest BCUT2D eigenvalue weighted by molar-refractivity contribution is 0.106. The quantitative estimate of drug-likeness (QED) is 0.392. The van der Waals surface area contributed by atoms with Gasteiger partial charge in [-0.05, 0) is 53.2 Å². The van der Waals surface area contributed by atoms with Crippen molar-refractivity contribution in [1.82, 2.24) is 4.98 Å². The summed E-state index contributed by atoms with van der Waals surface area (Å²) >= 11 is 0. The van der Waals surface area contributed by atoms with Gasteiger partial charge in [-0.15, -0.1) is 0 Å². The minimum atomic E-state index is -4.63. The Bertz CT molecular complexity index is 1530. The first-order chi connectivity index (χ1) is 14.5. The van der Waals surface area contributed by atoms with Crippen LogP contribution >= 0.6 is 0 Å². The van der Waals surface area contributed by atoms with E-state index in [1.807, 2.05) is 0 Å². The van der Waals surface area contributed by atoms with E-state index in [4.69, 9.17) is 4.55 Å². The fraction of sp³-hybridized carbons (Fsp3) is 0. The predicted molar refractivity (Wildman–Crippen MR) is 113 cm³/mol. The highest BCUT2D eigenvalue weighted by atomic mass is 32.2. The zero-order valence-electron chi connectivity index (χ0n) is 15.4. The first-order valence-corrected chi connectivity index (χ1v) is 11.5. The highest BCUT2D eigenvalue weighted by Gasteiger charge is 2.31. The van der Waals surface area contributed by atoms with Crippen LogP contribution in [0.5, 0.6) is 0 Å². The smallest absolute Gasteiger partial charge is 0.285 e. The molecule has 0 radical (unpaired) electrons. The van der Waals surface area contributed by atoms with Crippen molar-refractivity contribution in [2.75, 3.05) is 5.43 Å². The maximum absolute atomic E-state index is 12.6. The molecule has 158 valence electrons. The molecule has 31 heavy (non-hydrogen) atoms. The summed E-state index contributed by atoms with van der Waals surface area (Å²) in [6.45, 7) is 0. The zero-order valence-corrected chi connectivity index (χ0v) is 17.1. The number of hydrazone groups is 1. The van der Waals surface area contributed by atoms with Crippen molar-refractivity contribution in [2.24, 2.45) is 5.10 Å². The molecule has 4 rings (SSSR count). The van der Waals surface area contributed by atoms with Crippen molar-refractivity contribution in [3.05, 3.63) is 72.1 Å². The molecule has 10 nitrogen and oxygen atoms in total. The molecule has 2 aromatic carbocycles. The monoisotopic (exact) mass is 459 g/mol. The van der Waals surface area contributed by atoms with E-state index < -0.39 is 30.9 Å². The normalized spacial score (nSPS) is 15.6. The Morgan fingerprint density at radius 1 is 0.903 bits per heavy atom. The number of anilines is 1. The molecule has 0 saturated carbocycles. The Balaban J connectivity index is 1.71. The number of nitrogens with zero attached hydrogens (tertiary/aromatic N) is 2. The van der Waals surface area contributed by atoms with Gasteiger partial charge in [-0.2, -0.15) is 21.9 Å². The van der Waals surface area contributed by atoms with E-state index in [1.54, 1.807) is 18.2 Å². The van der Waals surface area contributed by atoms with Gasteiger partial charge in [-0.25, -0.2) is 0 Å². The summed E-state index contributed by atoms with van der Waals surface area (Å²) in [4.78, 5) is 15.8. The van der Waals surface area contributed by atoms with Gasteiger partial charge in [0.15, 0.2) is 0 Å². The summed E-state index contributed by atoms with van der Waals surface area (Å²) in [5.41, 5.74) is 2.60.